The second-order valence-corrected chi connectivity index (χ2v) is 6.91. The first kappa shape index (κ1) is 13.9. The molecule has 3 aromatic rings. The summed E-state index contributed by atoms with van der Waals surface area (Å²) < 4.78 is 23.6. The van der Waals surface area contributed by atoms with Gasteiger partial charge in [-0.2, -0.15) is 0 Å². The van der Waals surface area contributed by atoms with Gasteiger partial charge in [0.25, 0.3) is 10.0 Å². The van der Waals surface area contributed by atoms with Gasteiger partial charge in [-0.1, -0.05) is 60.7 Å². The van der Waals surface area contributed by atoms with Gasteiger partial charge in [-0.05, 0) is 5.56 Å². The maximum atomic E-state index is 11.8. The zero-order valence-corrected chi connectivity index (χ0v) is 12.6. The van der Waals surface area contributed by atoms with E-state index in [9.17, 15) is 8.42 Å². The van der Waals surface area contributed by atoms with Crippen LogP contribution in [0.3, 0.4) is 0 Å². The number of sulfonamides is 1. The van der Waals surface area contributed by atoms with Crippen LogP contribution in [-0.2, 0) is 10.0 Å². The van der Waals surface area contributed by atoms with Gasteiger partial charge in [0.2, 0.25) is 0 Å². The molecular formula is C15H12N2O2S2. The highest BCUT2D eigenvalue weighted by molar-refractivity contribution is 7.89. The Morgan fingerprint density at radius 1 is 0.857 bits per heavy atom. The van der Waals surface area contributed by atoms with Gasteiger partial charge in [-0.25, -0.2) is 18.5 Å². The third-order valence-electron chi connectivity index (χ3n) is 2.92. The molecule has 0 unspecified atom stereocenters. The lowest BCUT2D eigenvalue weighted by Gasteiger charge is -1.99. The van der Waals surface area contributed by atoms with E-state index in [0.717, 1.165) is 11.1 Å². The number of thiazole rings is 1. The molecule has 0 radical (unpaired) electrons. The molecule has 21 heavy (non-hydrogen) atoms. The van der Waals surface area contributed by atoms with Gasteiger partial charge in [0, 0.05) is 5.56 Å². The number of primary sulfonamides is 1. The quantitative estimate of drug-likeness (QED) is 0.807. The Balaban J connectivity index is 2.22. The van der Waals surface area contributed by atoms with Crippen LogP contribution in [0.4, 0.5) is 0 Å². The standard InChI is InChI=1S/C15H12N2O2S2/c16-21(18,19)15-13(11-7-3-1-4-8-11)20-14(17-15)12-9-5-2-6-10-12/h1-10H,(H2,16,18,19). The molecule has 0 fully saturated rings. The number of nitrogens with two attached hydrogens (primary N) is 1. The molecule has 0 aliphatic rings. The first-order valence-electron chi connectivity index (χ1n) is 6.20. The van der Waals surface area contributed by atoms with Crippen LogP contribution in [0.25, 0.3) is 21.0 Å². The van der Waals surface area contributed by atoms with Crippen LogP contribution >= 0.6 is 11.3 Å². The van der Waals surface area contributed by atoms with Crippen LogP contribution in [0.5, 0.6) is 0 Å². The second-order valence-electron chi connectivity index (χ2n) is 4.43. The minimum absolute atomic E-state index is 0.0717. The van der Waals surface area contributed by atoms with E-state index in [0.29, 0.717) is 9.88 Å². The van der Waals surface area contributed by atoms with Crippen LogP contribution in [0.2, 0.25) is 0 Å². The van der Waals surface area contributed by atoms with Gasteiger partial charge in [0.05, 0.1) is 4.88 Å². The lowest BCUT2D eigenvalue weighted by Crippen LogP contribution is -2.13. The average molecular weight is 316 g/mol. The number of rotatable bonds is 3. The molecule has 0 atom stereocenters. The number of benzene rings is 2. The zero-order valence-electron chi connectivity index (χ0n) is 10.9. The SMILES string of the molecule is NS(=O)(=O)c1nc(-c2ccccc2)sc1-c1ccccc1. The molecule has 0 aliphatic heterocycles. The first-order valence-corrected chi connectivity index (χ1v) is 8.56. The maximum absolute atomic E-state index is 11.8. The normalized spacial score (nSPS) is 11.5. The lowest BCUT2D eigenvalue weighted by molar-refractivity contribution is 0.595. The highest BCUT2D eigenvalue weighted by Crippen LogP contribution is 2.37. The molecule has 0 amide bonds. The topological polar surface area (TPSA) is 73.1 Å². The fourth-order valence-corrected chi connectivity index (χ4v) is 4.07. The van der Waals surface area contributed by atoms with Gasteiger partial charge in [0.15, 0.2) is 5.03 Å². The van der Waals surface area contributed by atoms with E-state index in [1.807, 2.05) is 60.7 Å². The summed E-state index contributed by atoms with van der Waals surface area (Å²) in [6, 6.07) is 18.7. The van der Waals surface area contributed by atoms with Crippen molar-refractivity contribution in [1.82, 2.24) is 4.98 Å². The summed E-state index contributed by atoms with van der Waals surface area (Å²) in [5.74, 6) is 0. The summed E-state index contributed by atoms with van der Waals surface area (Å²) in [5.41, 5.74) is 1.66. The van der Waals surface area contributed by atoms with Crippen LogP contribution in [0.1, 0.15) is 0 Å². The minimum atomic E-state index is -3.87. The first-order chi connectivity index (χ1) is 10.1. The molecule has 2 N–H and O–H groups in total. The summed E-state index contributed by atoms with van der Waals surface area (Å²) in [7, 11) is -3.87. The summed E-state index contributed by atoms with van der Waals surface area (Å²) in [6.07, 6.45) is 0. The Hall–Kier alpha value is -2.02. The van der Waals surface area contributed by atoms with Gasteiger partial charge in [-0.15, -0.1) is 11.3 Å². The number of nitrogens with zero attached hydrogens (tertiary/aromatic N) is 1. The Kier molecular flexibility index (Phi) is 3.59. The smallest absolute Gasteiger partial charge is 0.223 e. The molecule has 0 spiro atoms. The summed E-state index contributed by atoms with van der Waals surface area (Å²) >= 11 is 1.32. The van der Waals surface area contributed by atoms with E-state index in [4.69, 9.17) is 5.14 Å². The summed E-state index contributed by atoms with van der Waals surface area (Å²) in [4.78, 5) is 4.80. The van der Waals surface area contributed by atoms with Gasteiger partial charge < -0.3 is 0 Å². The number of hydrogen-bond donors (Lipinski definition) is 1. The Morgan fingerprint density at radius 3 is 1.90 bits per heavy atom. The lowest BCUT2D eigenvalue weighted by atomic mass is 10.2. The molecular weight excluding hydrogens is 304 g/mol. The van der Waals surface area contributed by atoms with Crippen molar-refractivity contribution in [3.8, 4) is 21.0 Å². The average Bonchev–Trinajstić information content (AvgIpc) is 2.94. The highest BCUT2D eigenvalue weighted by atomic mass is 32.2. The van der Waals surface area contributed by atoms with E-state index >= 15 is 0 Å². The van der Waals surface area contributed by atoms with E-state index in [1.54, 1.807) is 0 Å². The fourth-order valence-electron chi connectivity index (χ4n) is 1.98. The molecule has 1 aromatic heterocycles. The van der Waals surface area contributed by atoms with Crippen molar-refractivity contribution < 1.29 is 8.42 Å². The van der Waals surface area contributed by atoms with E-state index in [-0.39, 0.29) is 5.03 Å². The molecule has 1 heterocycles. The van der Waals surface area contributed by atoms with Crippen LogP contribution in [0.15, 0.2) is 65.7 Å². The zero-order chi connectivity index (χ0) is 14.9. The number of aromatic nitrogens is 1. The molecule has 0 bridgehead atoms. The van der Waals surface area contributed by atoms with Gasteiger partial charge >= 0.3 is 0 Å². The van der Waals surface area contributed by atoms with Crippen LogP contribution < -0.4 is 5.14 Å². The van der Waals surface area contributed by atoms with Crippen molar-refractivity contribution in [3.63, 3.8) is 0 Å². The van der Waals surface area contributed by atoms with Crippen molar-refractivity contribution in [2.75, 3.05) is 0 Å². The van der Waals surface area contributed by atoms with Crippen molar-refractivity contribution in [1.29, 1.82) is 0 Å². The predicted molar refractivity (Wildman–Crippen MR) is 84.4 cm³/mol. The summed E-state index contributed by atoms with van der Waals surface area (Å²) in [5, 5.41) is 5.87. The fraction of sp³-hybridized carbons (Fsp3) is 0. The van der Waals surface area contributed by atoms with Gasteiger partial charge in [-0.3, -0.25) is 0 Å². The second kappa shape index (κ2) is 5.40. The Labute approximate surface area is 127 Å². The largest absolute Gasteiger partial charge is 0.257 e. The molecule has 106 valence electrons. The molecule has 6 heteroatoms. The third kappa shape index (κ3) is 2.87. The molecule has 0 saturated heterocycles. The minimum Gasteiger partial charge on any atom is -0.223 e. The number of hydrogen-bond acceptors (Lipinski definition) is 4. The summed E-state index contributed by atoms with van der Waals surface area (Å²) in [6.45, 7) is 0. The molecule has 0 saturated carbocycles. The van der Waals surface area contributed by atoms with Crippen LogP contribution in [-0.4, -0.2) is 13.4 Å². The third-order valence-corrected chi connectivity index (χ3v) is 5.04. The highest BCUT2D eigenvalue weighted by Gasteiger charge is 2.22. The van der Waals surface area contributed by atoms with Crippen LogP contribution in [0, 0.1) is 0 Å². The van der Waals surface area contributed by atoms with E-state index < -0.39 is 10.0 Å². The molecule has 4 nitrogen and oxygen atoms in total. The van der Waals surface area contributed by atoms with E-state index in [2.05, 4.69) is 4.98 Å². The molecule has 3 rings (SSSR count). The van der Waals surface area contributed by atoms with E-state index in [1.165, 1.54) is 11.3 Å². The van der Waals surface area contributed by atoms with Crippen molar-refractivity contribution in [2.24, 2.45) is 5.14 Å². The maximum Gasteiger partial charge on any atom is 0.257 e. The van der Waals surface area contributed by atoms with Crippen molar-refractivity contribution in [2.45, 2.75) is 5.03 Å². The molecule has 0 aliphatic carbocycles. The monoisotopic (exact) mass is 316 g/mol. The van der Waals surface area contributed by atoms with Crippen molar-refractivity contribution >= 4 is 21.4 Å². The molecule has 2 aromatic carbocycles. The van der Waals surface area contributed by atoms with Gasteiger partial charge in [0.1, 0.15) is 5.01 Å². The Morgan fingerprint density at radius 2 is 1.38 bits per heavy atom. The Bertz CT molecular complexity index is 857. The van der Waals surface area contributed by atoms with Crippen molar-refractivity contribution in [3.05, 3.63) is 60.7 Å². The predicted octanol–water partition coefficient (Wildman–Crippen LogP) is 3.12.